The van der Waals surface area contributed by atoms with Crippen molar-refractivity contribution < 1.29 is 14.7 Å². The Labute approximate surface area is 125 Å². The van der Waals surface area contributed by atoms with Gasteiger partial charge in [-0.2, -0.15) is 0 Å². The van der Waals surface area contributed by atoms with Crippen molar-refractivity contribution in [2.45, 2.75) is 45.3 Å². The molecule has 2 rings (SSSR count). The lowest BCUT2D eigenvalue weighted by atomic mass is 9.93. The van der Waals surface area contributed by atoms with Gasteiger partial charge in [-0.3, -0.25) is 9.59 Å². The second kappa shape index (κ2) is 6.72. The summed E-state index contributed by atoms with van der Waals surface area (Å²) in [6.45, 7) is 3.84. The normalized spacial score (nSPS) is 18.8. The summed E-state index contributed by atoms with van der Waals surface area (Å²) in [4.78, 5) is 25.9. The van der Waals surface area contributed by atoms with E-state index < -0.39 is 6.04 Å². The van der Waals surface area contributed by atoms with E-state index in [0.29, 0.717) is 19.4 Å². The quantitative estimate of drug-likeness (QED) is 0.863. The zero-order chi connectivity index (χ0) is 15.4. The molecule has 0 aromatic heterocycles. The Bertz CT molecular complexity index is 530. The molecule has 21 heavy (non-hydrogen) atoms. The Morgan fingerprint density at radius 3 is 2.67 bits per heavy atom. The number of rotatable bonds is 4. The molecule has 1 aliphatic heterocycles. The summed E-state index contributed by atoms with van der Waals surface area (Å²) in [5.74, 6) is -0.250. The molecule has 0 spiro atoms. The fourth-order valence-corrected chi connectivity index (χ4v) is 2.69. The van der Waals surface area contributed by atoms with Crippen molar-refractivity contribution in [2.75, 3.05) is 6.61 Å². The van der Waals surface area contributed by atoms with Crippen LogP contribution in [0.15, 0.2) is 24.3 Å². The molecule has 5 nitrogen and oxygen atoms in total. The first-order valence-electron chi connectivity index (χ1n) is 7.28. The monoisotopic (exact) mass is 290 g/mol. The smallest absolute Gasteiger partial charge is 0.243 e. The third-order valence-electron chi connectivity index (χ3n) is 3.91. The van der Waals surface area contributed by atoms with Crippen LogP contribution in [0.5, 0.6) is 0 Å². The van der Waals surface area contributed by atoms with Crippen LogP contribution in [-0.2, 0) is 22.6 Å². The lowest BCUT2D eigenvalue weighted by Crippen LogP contribution is -2.53. The first kappa shape index (κ1) is 15.5. The number of carbonyl (C=O) groups excluding carboxylic acids is 2. The number of aliphatic hydroxyl groups is 1. The number of nitrogens with one attached hydrogen (secondary N) is 1. The van der Waals surface area contributed by atoms with Crippen LogP contribution in [0, 0.1) is 0 Å². The summed E-state index contributed by atoms with van der Waals surface area (Å²) in [5, 5.41) is 11.8. The van der Waals surface area contributed by atoms with Gasteiger partial charge in [0.05, 0.1) is 0 Å². The van der Waals surface area contributed by atoms with Crippen LogP contribution < -0.4 is 5.32 Å². The summed E-state index contributed by atoms with van der Waals surface area (Å²) in [5.41, 5.74) is 2.21. The number of fused-ring (bicyclic) bond motifs is 1. The predicted octanol–water partition coefficient (Wildman–Crippen LogP) is 0.847. The zero-order valence-corrected chi connectivity index (χ0v) is 12.5. The van der Waals surface area contributed by atoms with Gasteiger partial charge in [0, 0.05) is 32.5 Å². The SMILES string of the molecule is CC(=O)N1Cc2ccccc2C[C@H]1C(=O)NC(C)CCO. The van der Waals surface area contributed by atoms with E-state index in [1.165, 1.54) is 6.92 Å². The van der Waals surface area contributed by atoms with Gasteiger partial charge >= 0.3 is 0 Å². The van der Waals surface area contributed by atoms with E-state index in [0.717, 1.165) is 11.1 Å². The molecule has 1 heterocycles. The topological polar surface area (TPSA) is 69.6 Å². The average molecular weight is 290 g/mol. The van der Waals surface area contributed by atoms with Crippen molar-refractivity contribution in [3.63, 3.8) is 0 Å². The minimum atomic E-state index is -0.474. The number of hydrogen-bond acceptors (Lipinski definition) is 3. The lowest BCUT2D eigenvalue weighted by molar-refractivity contribution is -0.140. The van der Waals surface area contributed by atoms with Crippen LogP contribution in [0.1, 0.15) is 31.4 Å². The highest BCUT2D eigenvalue weighted by Crippen LogP contribution is 2.23. The number of amides is 2. The van der Waals surface area contributed by atoms with Crippen molar-refractivity contribution in [3.8, 4) is 0 Å². The van der Waals surface area contributed by atoms with E-state index in [9.17, 15) is 9.59 Å². The molecular formula is C16H22N2O3. The van der Waals surface area contributed by atoms with Gasteiger partial charge in [0.2, 0.25) is 11.8 Å². The van der Waals surface area contributed by atoms with E-state index in [-0.39, 0.29) is 24.5 Å². The van der Waals surface area contributed by atoms with E-state index in [2.05, 4.69) is 5.32 Å². The van der Waals surface area contributed by atoms with Crippen molar-refractivity contribution in [3.05, 3.63) is 35.4 Å². The highest BCUT2D eigenvalue weighted by molar-refractivity contribution is 5.87. The number of hydrogen-bond donors (Lipinski definition) is 2. The van der Waals surface area contributed by atoms with Gasteiger partial charge in [0.25, 0.3) is 0 Å². The molecule has 1 aliphatic rings. The Morgan fingerprint density at radius 1 is 1.38 bits per heavy atom. The molecule has 1 aromatic rings. The molecule has 0 fully saturated rings. The minimum Gasteiger partial charge on any atom is -0.396 e. The van der Waals surface area contributed by atoms with E-state index in [1.807, 2.05) is 31.2 Å². The van der Waals surface area contributed by atoms with Crippen LogP contribution in [0.25, 0.3) is 0 Å². The van der Waals surface area contributed by atoms with E-state index >= 15 is 0 Å². The largest absolute Gasteiger partial charge is 0.396 e. The summed E-state index contributed by atoms with van der Waals surface area (Å²) in [7, 11) is 0. The van der Waals surface area contributed by atoms with Gasteiger partial charge < -0.3 is 15.3 Å². The number of benzene rings is 1. The predicted molar refractivity (Wildman–Crippen MR) is 79.5 cm³/mol. The van der Waals surface area contributed by atoms with Crippen molar-refractivity contribution in [1.82, 2.24) is 10.2 Å². The molecule has 114 valence electrons. The minimum absolute atomic E-state index is 0.0331. The molecule has 0 aliphatic carbocycles. The fourth-order valence-electron chi connectivity index (χ4n) is 2.69. The Morgan fingerprint density at radius 2 is 2.05 bits per heavy atom. The third kappa shape index (κ3) is 3.61. The van der Waals surface area contributed by atoms with Gasteiger partial charge in [0.15, 0.2) is 0 Å². The number of carbonyl (C=O) groups is 2. The maximum Gasteiger partial charge on any atom is 0.243 e. The van der Waals surface area contributed by atoms with Gasteiger partial charge in [-0.25, -0.2) is 0 Å². The zero-order valence-electron chi connectivity index (χ0n) is 12.5. The van der Waals surface area contributed by atoms with Crippen LogP contribution in [0.3, 0.4) is 0 Å². The standard InChI is InChI=1S/C16H22N2O3/c1-11(7-8-19)17-16(21)15-9-13-5-3-4-6-14(13)10-18(15)12(2)20/h3-6,11,15,19H,7-10H2,1-2H3,(H,17,21)/t11?,15-/m0/s1. The molecule has 2 N–H and O–H groups in total. The third-order valence-corrected chi connectivity index (χ3v) is 3.91. The molecule has 0 radical (unpaired) electrons. The van der Waals surface area contributed by atoms with Crippen LogP contribution in [-0.4, -0.2) is 40.5 Å². The van der Waals surface area contributed by atoms with E-state index in [1.54, 1.807) is 4.90 Å². The molecule has 5 heteroatoms. The Balaban J connectivity index is 2.16. The van der Waals surface area contributed by atoms with Crippen LogP contribution in [0.4, 0.5) is 0 Å². The van der Waals surface area contributed by atoms with Crippen molar-refractivity contribution in [2.24, 2.45) is 0 Å². The second-order valence-corrected chi connectivity index (χ2v) is 5.56. The average Bonchev–Trinajstić information content (AvgIpc) is 2.45. The van der Waals surface area contributed by atoms with Crippen LogP contribution in [0.2, 0.25) is 0 Å². The summed E-state index contributed by atoms with van der Waals surface area (Å²) in [6.07, 6.45) is 1.04. The molecule has 0 saturated heterocycles. The summed E-state index contributed by atoms with van der Waals surface area (Å²) in [6, 6.07) is 7.32. The van der Waals surface area contributed by atoms with Crippen molar-refractivity contribution in [1.29, 1.82) is 0 Å². The second-order valence-electron chi connectivity index (χ2n) is 5.56. The highest BCUT2D eigenvalue weighted by Gasteiger charge is 2.33. The lowest BCUT2D eigenvalue weighted by Gasteiger charge is -2.36. The highest BCUT2D eigenvalue weighted by atomic mass is 16.3. The van der Waals surface area contributed by atoms with Gasteiger partial charge in [-0.15, -0.1) is 0 Å². The summed E-state index contributed by atoms with van der Waals surface area (Å²) < 4.78 is 0. The first-order valence-corrected chi connectivity index (χ1v) is 7.28. The first-order chi connectivity index (χ1) is 10.0. The van der Waals surface area contributed by atoms with Crippen molar-refractivity contribution >= 4 is 11.8 Å². The molecule has 1 unspecified atom stereocenters. The van der Waals surface area contributed by atoms with Gasteiger partial charge in [-0.1, -0.05) is 24.3 Å². The molecule has 1 aromatic carbocycles. The van der Waals surface area contributed by atoms with Gasteiger partial charge in [-0.05, 0) is 24.5 Å². The van der Waals surface area contributed by atoms with E-state index in [4.69, 9.17) is 5.11 Å². The maximum atomic E-state index is 12.4. The molecule has 2 atom stereocenters. The molecule has 0 bridgehead atoms. The Hall–Kier alpha value is -1.88. The molecule has 0 saturated carbocycles. The van der Waals surface area contributed by atoms with Gasteiger partial charge in [0.1, 0.15) is 6.04 Å². The summed E-state index contributed by atoms with van der Waals surface area (Å²) >= 11 is 0. The molecular weight excluding hydrogens is 268 g/mol. The fraction of sp³-hybridized carbons (Fsp3) is 0.500. The Kier molecular flexibility index (Phi) is 4.96. The number of nitrogens with zero attached hydrogens (tertiary/aromatic N) is 1. The molecule has 2 amide bonds. The number of aliphatic hydroxyl groups excluding tert-OH is 1. The van der Waals surface area contributed by atoms with Crippen LogP contribution >= 0.6 is 0 Å². The maximum absolute atomic E-state index is 12.4.